The van der Waals surface area contributed by atoms with Crippen LogP contribution >= 0.6 is 11.3 Å². The molecule has 2 aromatic carbocycles. The number of unbranched alkanes of at least 4 members (excludes halogenated alkanes) is 1. The SMILES string of the molecule is CCCCOc1ccc(OC(=O)c2ccc(N=Cc3ccsc3)cc2)cc1. The van der Waals surface area contributed by atoms with E-state index < -0.39 is 5.97 Å². The molecule has 0 aliphatic rings. The molecule has 0 amide bonds. The molecule has 0 radical (unpaired) electrons. The van der Waals surface area contributed by atoms with Crippen LogP contribution in [0.4, 0.5) is 5.69 Å². The number of hydrogen-bond acceptors (Lipinski definition) is 5. The Bertz CT molecular complexity index is 869. The van der Waals surface area contributed by atoms with Gasteiger partial charge in [-0.1, -0.05) is 13.3 Å². The molecular weight excluding hydrogens is 358 g/mol. The second kappa shape index (κ2) is 9.69. The summed E-state index contributed by atoms with van der Waals surface area (Å²) in [5.74, 6) is 0.862. The Morgan fingerprint density at radius 2 is 1.78 bits per heavy atom. The summed E-state index contributed by atoms with van der Waals surface area (Å²) in [4.78, 5) is 16.7. The molecule has 1 aromatic heterocycles. The number of nitrogens with zero attached hydrogens (tertiary/aromatic N) is 1. The van der Waals surface area contributed by atoms with Crippen molar-refractivity contribution in [1.29, 1.82) is 0 Å². The molecule has 27 heavy (non-hydrogen) atoms. The van der Waals surface area contributed by atoms with Crippen LogP contribution in [-0.4, -0.2) is 18.8 Å². The minimum absolute atomic E-state index is 0.400. The van der Waals surface area contributed by atoms with Gasteiger partial charge in [-0.2, -0.15) is 11.3 Å². The van der Waals surface area contributed by atoms with Gasteiger partial charge in [-0.3, -0.25) is 4.99 Å². The second-order valence-corrected chi connectivity index (χ2v) is 6.70. The zero-order valence-electron chi connectivity index (χ0n) is 15.1. The average Bonchev–Trinajstić information content (AvgIpc) is 3.22. The molecule has 0 saturated carbocycles. The summed E-state index contributed by atoms with van der Waals surface area (Å²) >= 11 is 1.63. The molecule has 0 aliphatic heterocycles. The van der Waals surface area contributed by atoms with Crippen LogP contribution in [-0.2, 0) is 0 Å². The van der Waals surface area contributed by atoms with E-state index in [1.165, 1.54) is 0 Å². The van der Waals surface area contributed by atoms with Crippen LogP contribution < -0.4 is 9.47 Å². The molecule has 3 aromatic rings. The van der Waals surface area contributed by atoms with Gasteiger partial charge in [-0.25, -0.2) is 4.79 Å². The van der Waals surface area contributed by atoms with Gasteiger partial charge in [0, 0.05) is 11.8 Å². The van der Waals surface area contributed by atoms with E-state index in [1.807, 2.05) is 16.8 Å². The fourth-order valence-electron chi connectivity index (χ4n) is 2.29. The number of carbonyl (C=O) groups excluding carboxylic acids is 1. The van der Waals surface area contributed by atoms with Gasteiger partial charge >= 0.3 is 5.97 Å². The monoisotopic (exact) mass is 379 g/mol. The van der Waals surface area contributed by atoms with E-state index >= 15 is 0 Å². The Labute approximate surface area is 163 Å². The maximum absolute atomic E-state index is 12.3. The largest absolute Gasteiger partial charge is 0.494 e. The fraction of sp³-hybridized carbons (Fsp3) is 0.182. The van der Waals surface area contributed by atoms with Crippen molar-refractivity contribution < 1.29 is 14.3 Å². The first-order valence-electron chi connectivity index (χ1n) is 8.86. The van der Waals surface area contributed by atoms with Crippen molar-refractivity contribution in [2.24, 2.45) is 4.99 Å². The number of rotatable bonds is 8. The molecule has 1 heterocycles. The summed E-state index contributed by atoms with van der Waals surface area (Å²) in [7, 11) is 0. The number of esters is 1. The van der Waals surface area contributed by atoms with E-state index in [2.05, 4.69) is 11.9 Å². The van der Waals surface area contributed by atoms with Crippen molar-refractivity contribution in [2.75, 3.05) is 6.61 Å². The Hall–Kier alpha value is -2.92. The highest BCUT2D eigenvalue weighted by molar-refractivity contribution is 7.08. The quantitative estimate of drug-likeness (QED) is 0.212. The lowest BCUT2D eigenvalue weighted by Crippen LogP contribution is -2.08. The summed E-state index contributed by atoms with van der Waals surface area (Å²) in [6.45, 7) is 2.81. The highest BCUT2D eigenvalue weighted by atomic mass is 32.1. The van der Waals surface area contributed by atoms with Crippen molar-refractivity contribution in [3.63, 3.8) is 0 Å². The summed E-state index contributed by atoms with van der Waals surface area (Å²) < 4.78 is 11.0. The average molecular weight is 379 g/mol. The van der Waals surface area contributed by atoms with Crippen LogP contribution in [0.1, 0.15) is 35.7 Å². The standard InChI is InChI=1S/C22H21NO3S/c1-2-3-13-25-20-8-10-21(11-9-20)26-22(24)18-4-6-19(7-5-18)23-15-17-12-14-27-16-17/h4-12,14-16H,2-3,13H2,1H3. The first kappa shape index (κ1) is 18.9. The summed E-state index contributed by atoms with van der Waals surface area (Å²) in [5.41, 5.74) is 2.32. The zero-order valence-corrected chi connectivity index (χ0v) is 15.9. The van der Waals surface area contributed by atoms with E-state index in [4.69, 9.17) is 9.47 Å². The lowest BCUT2D eigenvalue weighted by molar-refractivity contribution is 0.0734. The van der Waals surface area contributed by atoms with Crippen molar-refractivity contribution in [1.82, 2.24) is 0 Å². The van der Waals surface area contributed by atoms with E-state index in [0.29, 0.717) is 17.9 Å². The number of thiophene rings is 1. The molecule has 4 nitrogen and oxygen atoms in total. The molecule has 0 aliphatic carbocycles. The first-order chi connectivity index (χ1) is 13.2. The lowest BCUT2D eigenvalue weighted by atomic mass is 10.2. The Morgan fingerprint density at radius 1 is 1.04 bits per heavy atom. The van der Waals surface area contributed by atoms with E-state index in [-0.39, 0.29) is 0 Å². The number of hydrogen-bond donors (Lipinski definition) is 0. The van der Waals surface area contributed by atoms with Crippen molar-refractivity contribution in [3.05, 3.63) is 76.5 Å². The Balaban J connectivity index is 1.56. The highest BCUT2D eigenvalue weighted by Crippen LogP contribution is 2.20. The second-order valence-electron chi connectivity index (χ2n) is 5.92. The molecule has 0 atom stereocenters. The van der Waals surface area contributed by atoms with E-state index in [0.717, 1.165) is 29.8 Å². The smallest absolute Gasteiger partial charge is 0.343 e. The van der Waals surface area contributed by atoms with E-state index in [9.17, 15) is 4.79 Å². The third-order valence-electron chi connectivity index (χ3n) is 3.81. The number of carbonyl (C=O) groups is 1. The summed E-state index contributed by atoms with van der Waals surface area (Å²) in [5, 5.41) is 4.03. The molecule has 5 heteroatoms. The lowest BCUT2D eigenvalue weighted by Gasteiger charge is -2.07. The molecule has 0 unspecified atom stereocenters. The van der Waals surface area contributed by atoms with Gasteiger partial charge in [0.1, 0.15) is 11.5 Å². The van der Waals surface area contributed by atoms with Gasteiger partial charge in [0.05, 0.1) is 17.9 Å². The van der Waals surface area contributed by atoms with Crippen LogP contribution in [0.2, 0.25) is 0 Å². The number of aliphatic imine (C=N–C) groups is 1. The maximum atomic E-state index is 12.3. The third kappa shape index (κ3) is 5.79. The van der Waals surface area contributed by atoms with Crippen LogP contribution in [0.5, 0.6) is 11.5 Å². The van der Waals surface area contributed by atoms with E-state index in [1.54, 1.807) is 66.1 Å². The number of ether oxygens (including phenoxy) is 2. The molecule has 0 saturated heterocycles. The predicted molar refractivity (Wildman–Crippen MR) is 110 cm³/mol. The van der Waals surface area contributed by atoms with Crippen LogP contribution in [0.3, 0.4) is 0 Å². The Kier molecular flexibility index (Phi) is 6.77. The van der Waals surface area contributed by atoms with Gasteiger partial charge < -0.3 is 9.47 Å². The van der Waals surface area contributed by atoms with Gasteiger partial charge in [0.25, 0.3) is 0 Å². The molecular formula is C22H21NO3S. The van der Waals surface area contributed by atoms with Gasteiger partial charge in [0.2, 0.25) is 0 Å². The molecule has 0 N–H and O–H groups in total. The number of benzene rings is 2. The maximum Gasteiger partial charge on any atom is 0.343 e. The van der Waals surface area contributed by atoms with Crippen molar-refractivity contribution in [3.8, 4) is 11.5 Å². The van der Waals surface area contributed by atoms with Crippen LogP contribution in [0.25, 0.3) is 0 Å². The highest BCUT2D eigenvalue weighted by Gasteiger charge is 2.08. The van der Waals surface area contributed by atoms with Gasteiger partial charge in [0.15, 0.2) is 0 Å². The van der Waals surface area contributed by atoms with Crippen LogP contribution in [0, 0.1) is 0 Å². The fourth-order valence-corrected chi connectivity index (χ4v) is 2.90. The molecule has 138 valence electrons. The normalized spacial score (nSPS) is 10.9. The Morgan fingerprint density at radius 3 is 2.44 bits per heavy atom. The molecule has 3 rings (SSSR count). The summed E-state index contributed by atoms with van der Waals surface area (Å²) in [6.07, 6.45) is 3.91. The molecule has 0 bridgehead atoms. The van der Waals surface area contributed by atoms with Gasteiger partial charge in [-0.05, 0) is 71.8 Å². The van der Waals surface area contributed by atoms with Gasteiger partial charge in [-0.15, -0.1) is 0 Å². The topological polar surface area (TPSA) is 47.9 Å². The van der Waals surface area contributed by atoms with Crippen LogP contribution in [0.15, 0.2) is 70.3 Å². The zero-order chi connectivity index (χ0) is 18.9. The van der Waals surface area contributed by atoms with Crippen molar-refractivity contribution >= 4 is 29.2 Å². The summed E-state index contributed by atoms with van der Waals surface area (Å²) in [6, 6.07) is 16.1. The minimum Gasteiger partial charge on any atom is -0.494 e. The minimum atomic E-state index is -0.400. The predicted octanol–water partition coefficient (Wildman–Crippen LogP) is 5.90. The van der Waals surface area contributed by atoms with Crippen molar-refractivity contribution in [2.45, 2.75) is 19.8 Å². The molecule has 0 spiro atoms. The molecule has 0 fully saturated rings. The third-order valence-corrected chi connectivity index (χ3v) is 4.51. The first-order valence-corrected chi connectivity index (χ1v) is 9.80.